The summed E-state index contributed by atoms with van der Waals surface area (Å²) >= 11 is 1.65. The van der Waals surface area contributed by atoms with Gasteiger partial charge in [0.05, 0.1) is 12.6 Å². The lowest BCUT2D eigenvalue weighted by Gasteiger charge is -2.06. The lowest BCUT2D eigenvalue weighted by molar-refractivity contribution is -0.122. The summed E-state index contributed by atoms with van der Waals surface area (Å²) in [6.07, 6.45) is 0. The predicted octanol–water partition coefficient (Wildman–Crippen LogP) is 1.02. The summed E-state index contributed by atoms with van der Waals surface area (Å²) < 4.78 is 0. The molecule has 1 aromatic heterocycles. The zero-order valence-corrected chi connectivity index (χ0v) is 8.65. The van der Waals surface area contributed by atoms with Crippen LogP contribution in [0.4, 0.5) is 0 Å². The van der Waals surface area contributed by atoms with Gasteiger partial charge >= 0.3 is 0 Å². The fourth-order valence-corrected chi connectivity index (χ4v) is 1.76. The number of hydrogen-bond acceptors (Lipinski definition) is 3. The Morgan fingerprint density at radius 3 is 2.92 bits per heavy atom. The Labute approximate surface area is 81.9 Å². The average molecular weight is 198 g/mol. The number of aryl methyl sites for hydroxylation is 1. The van der Waals surface area contributed by atoms with E-state index in [1.54, 1.807) is 18.3 Å². The summed E-state index contributed by atoms with van der Waals surface area (Å²) in [6.45, 7) is 4.30. The van der Waals surface area contributed by atoms with Crippen LogP contribution in [0.15, 0.2) is 11.4 Å². The van der Waals surface area contributed by atoms with Gasteiger partial charge in [0.1, 0.15) is 0 Å². The summed E-state index contributed by atoms with van der Waals surface area (Å²) in [5.74, 6) is -0.104. The number of rotatable bonds is 3. The van der Waals surface area contributed by atoms with Crippen molar-refractivity contribution >= 4 is 17.2 Å². The third-order valence-electron chi connectivity index (χ3n) is 1.80. The van der Waals surface area contributed by atoms with E-state index < -0.39 is 6.04 Å². The summed E-state index contributed by atoms with van der Waals surface area (Å²) in [5.41, 5.74) is 6.62. The molecular weight excluding hydrogens is 184 g/mol. The summed E-state index contributed by atoms with van der Waals surface area (Å²) in [5, 5.41) is 4.79. The Bertz CT molecular complexity index is 294. The van der Waals surface area contributed by atoms with Crippen molar-refractivity contribution in [3.05, 3.63) is 21.9 Å². The molecule has 1 rings (SSSR count). The smallest absolute Gasteiger partial charge is 0.236 e. The minimum atomic E-state index is -0.430. The zero-order valence-electron chi connectivity index (χ0n) is 7.83. The first-order valence-corrected chi connectivity index (χ1v) is 5.05. The van der Waals surface area contributed by atoms with Crippen molar-refractivity contribution < 1.29 is 4.79 Å². The quantitative estimate of drug-likeness (QED) is 0.762. The van der Waals surface area contributed by atoms with Crippen molar-refractivity contribution in [2.45, 2.75) is 26.4 Å². The van der Waals surface area contributed by atoms with E-state index in [9.17, 15) is 4.79 Å². The van der Waals surface area contributed by atoms with E-state index in [4.69, 9.17) is 5.73 Å². The van der Waals surface area contributed by atoms with Crippen LogP contribution >= 0.6 is 11.3 Å². The van der Waals surface area contributed by atoms with Crippen LogP contribution in [-0.4, -0.2) is 11.9 Å². The molecule has 0 aliphatic heterocycles. The Morgan fingerprint density at radius 2 is 2.46 bits per heavy atom. The summed E-state index contributed by atoms with van der Waals surface area (Å²) in [7, 11) is 0. The molecule has 4 heteroatoms. The number of amides is 1. The molecule has 1 heterocycles. The number of nitrogens with two attached hydrogens (primary N) is 1. The molecule has 0 radical (unpaired) electrons. The molecule has 0 aliphatic rings. The largest absolute Gasteiger partial charge is 0.350 e. The van der Waals surface area contributed by atoms with E-state index in [1.807, 2.05) is 18.4 Å². The van der Waals surface area contributed by atoms with E-state index >= 15 is 0 Å². The molecule has 72 valence electrons. The minimum absolute atomic E-state index is 0.104. The molecule has 1 aromatic rings. The highest BCUT2D eigenvalue weighted by atomic mass is 32.1. The number of thiophene rings is 1. The first kappa shape index (κ1) is 10.2. The van der Waals surface area contributed by atoms with Crippen LogP contribution in [0.5, 0.6) is 0 Å². The van der Waals surface area contributed by atoms with Crippen LogP contribution < -0.4 is 11.1 Å². The second-order valence-corrected chi connectivity index (χ2v) is 4.03. The molecule has 3 N–H and O–H groups in total. The summed E-state index contributed by atoms with van der Waals surface area (Å²) in [4.78, 5) is 12.3. The highest BCUT2D eigenvalue weighted by molar-refractivity contribution is 7.10. The van der Waals surface area contributed by atoms with Gasteiger partial charge in [0.25, 0.3) is 0 Å². The van der Waals surface area contributed by atoms with E-state index in [0.29, 0.717) is 6.54 Å². The van der Waals surface area contributed by atoms with Gasteiger partial charge < -0.3 is 11.1 Å². The van der Waals surface area contributed by atoms with Crippen molar-refractivity contribution in [1.82, 2.24) is 5.32 Å². The molecule has 0 saturated carbocycles. The molecule has 0 aromatic carbocycles. The third-order valence-corrected chi connectivity index (χ3v) is 2.83. The lowest BCUT2D eigenvalue weighted by Crippen LogP contribution is -2.37. The average Bonchev–Trinajstić information content (AvgIpc) is 2.47. The summed E-state index contributed by atoms with van der Waals surface area (Å²) in [6, 6.07) is 1.61. The molecule has 0 aliphatic carbocycles. The number of carbonyl (C=O) groups excluding carboxylic acids is 1. The highest BCUT2D eigenvalue weighted by Crippen LogP contribution is 2.14. The normalized spacial score (nSPS) is 12.5. The fourth-order valence-electron chi connectivity index (χ4n) is 0.914. The Balaban J connectivity index is 2.44. The topological polar surface area (TPSA) is 55.1 Å². The van der Waals surface area contributed by atoms with Crippen LogP contribution in [0.3, 0.4) is 0 Å². The van der Waals surface area contributed by atoms with Gasteiger partial charge in [0.15, 0.2) is 0 Å². The van der Waals surface area contributed by atoms with E-state index in [2.05, 4.69) is 5.32 Å². The van der Waals surface area contributed by atoms with Crippen molar-refractivity contribution in [3.63, 3.8) is 0 Å². The second-order valence-electron chi connectivity index (χ2n) is 3.03. The molecule has 0 spiro atoms. The van der Waals surface area contributed by atoms with Crippen molar-refractivity contribution in [2.24, 2.45) is 5.73 Å². The number of nitrogens with one attached hydrogen (secondary N) is 1. The van der Waals surface area contributed by atoms with Gasteiger partial charge in [-0.2, -0.15) is 0 Å². The molecule has 0 unspecified atom stereocenters. The van der Waals surface area contributed by atoms with Crippen molar-refractivity contribution in [1.29, 1.82) is 0 Å². The van der Waals surface area contributed by atoms with Gasteiger partial charge in [-0.25, -0.2) is 0 Å². The van der Waals surface area contributed by atoms with Crippen LogP contribution in [0, 0.1) is 6.92 Å². The SMILES string of the molecule is Cc1ccsc1CNC(=O)[C@H](C)N. The van der Waals surface area contributed by atoms with Crippen LogP contribution in [0.2, 0.25) is 0 Å². The fraction of sp³-hybridized carbons (Fsp3) is 0.444. The number of carbonyl (C=O) groups is 1. The van der Waals surface area contributed by atoms with Crippen LogP contribution in [0.25, 0.3) is 0 Å². The van der Waals surface area contributed by atoms with Gasteiger partial charge in [-0.3, -0.25) is 4.79 Å². The molecule has 1 atom stereocenters. The maximum atomic E-state index is 11.1. The van der Waals surface area contributed by atoms with E-state index in [0.717, 1.165) is 0 Å². The molecule has 1 amide bonds. The first-order chi connectivity index (χ1) is 6.11. The molecule has 0 bridgehead atoms. The predicted molar refractivity (Wildman–Crippen MR) is 54.6 cm³/mol. The number of hydrogen-bond donors (Lipinski definition) is 2. The van der Waals surface area contributed by atoms with E-state index in [-0.39, 0.29) is 5.91 Å². The van der Waals surface area contributed by atoms with Crippen LogP contribution in [-0.2, 0) is 11.3 Å². The molecule has 3 nitrogen and oxygen atoms in total. The highest BCUT2D eigenvalue weighted by Gasteiger charge is 2.07. The van der Waals surface area contributed by atoms with Gasteiger partial charge in [0, 0.05) is 4.88 Å². The minimum Gasteiger partial charge on any atom is -0.350 e. The Hall–Kier alpha value is -0.870. The van der Waals surface area contributed by atoms with E-state index in [1.165, 1.54) is 10.4 Å². The molecule has 13 heavy (non-hydrogen) atoms. The first-order valence-electron chi connectivity index (χ1n) is 4.17. The standard InChI is InChI=1S/C9H14N2OS/c1-6-3-4-13-8(6)5-11-9(12)7(2)10/h3-4,7H,5,10H2,1-2H3,(H,11,12)/t7-/m0/s1. The van der Waals surface area contributed by atoms with Gasteiger partial charge in [0.2, 0.25) is 5.91 Å². The van der Waals surface area contributed by atoms with Gasteiger partial charge in [-0.05, 0) is 30.9 Å². The molecular formula is C9H14N2OS. The Kier molecular flexibility index (Phi) is 3.45. The van der Waals surface area contributed by atoms with Gasteiger partial charge in [-0.1, -0.05) is 0 Å². The zero-order chi connectivity index (χ0) is 9.84. The molecule has 0 saturated heterocycles. The maximum Gasteiger partial charge on any atom is 0.236 e. The van der Waals surface area contributed by atoms with Crippen molar-refractivity contribution in [3.8, 4) is 0 Å². The molecule has 0 fully saturated rings. The Morgan fingerprint density at radius 1 is 1.77 bits per heavy atom. The lowest BCUT2D eigenvalue weighted by atomic mass is 10.3. The van der Waals surface area contributed by atoms with Crippen molar-refractivity contribution in [2.75, 3.05) is 0 Å². The van der Waals surface area contributed by atoms with Crippen LogP contribution in [0.1, 0.15) is 17.4 Å². The van der Waals surface area contributed by atoms with Gasteiger partial charge in [-0.15, -0.1) is 11.3 Å². The monoisotopic (exact) mass is 198 g/mol. The maximum absolute atomic E-state index is 11.1. The third kappa shape index (κ3) is 2.82. The second kappa shape index (κ2) is 4.39.